The highest BCUT2D eigenvalue weighted by atomic mass is 32.2. The summed E-state index contributed by atoms with van der Waals surface area (Å²) in [5.74, 6) is 0.682. The average Bonchev–Trinajstić information content (AvgIpc) is 2.95. The lowest BCUT2D eigenvalue weighted by Crippen LogP contribution is -2.57. The molecule has 0 radical (unpaired) electrons. The number of likely N-dealkylation sites (N-methyl/N-ethyl adjacent to an activating group) is 1. The van der Waals surface area contributed by atoms with Crippen LogP contribution < -0.4 is 10.2 Å². The molecule has 1 aliphatic heterocycles. The minimum atomic E-state index is -0.195. The van der Waals surface area contributed by atoms with Crippen LogP contribution in [-0.4, -0.2) is 80.9 Å². The van der Waals surface area contributed by atoms with Crippen LogP contribution in [0.1, 0.15) is 23.0 Å². The molecule has 0 aromatic carbocycles. The number of hydrogen-bond donors (Lipinski definition) is 2. The van der Waals surface area contributed by atoms with Crippen LogP contribution in [0.25, 0.3) is 22.3 Å². The normalized spacial score (nSPS) is 18.1. The molecule has 0 saturated carbocycles. The number of carbonyl (C=O) groups is 1. The smallest absolute Gasteiger partial charge is 0.253 e. The topological polar surface area (TPSA) is 107 Å². The lowest BCUT2D eigenvalue weighted by Gasteiger charge is -2.43. The molecule has 2 N–H and O–H groups in total. The third-order valence-corrected chi connectivity index (χ3v) is 7.58. The van der Waals surface area contributed by atoms with E-state index in [1.807, 2.05) is 55.8 Å². The predicted molar refractivity (Wildman–Crippen MR) is 150 cm³/mol. The van der Waals surface area contributed by atoms with Gasteiger partial charge in [0.25, 0.3) is 5.91 Å². The molecular formula is C28H31N7O2S. The molecule has 38 heavy (non-hydrogen) atoms. The Balaban J connectivity index is 1.34. The monoisotopic (exact) mass is 529 g/mol. The van der Waals surface area contributed by atoms with Crippen molar-refractivity contribution in [2.75, 3.05) is 37.9 Å². The Morgan fingerprint density at radius 2 is 1.95 bits per heavy atom. The second kappa shape index (κ2) is 11.4. The second-order valence-electron chi connectivity index (χ2n) is 9.52. The van der Waals surface area contributed by atoms with Crippen molar-refractivity contribution < 1.29 is 9.90 Å². The molecule has 0 bridgehead atoms. The maximum Gasteiger partial charge on any atom is 0.253 e. The van der Waals surface area contributed by atoms with Gasteiger partial charge in [0.15, 0.2) is 0 Å². The summed E-state index contributed by atoms with van der Waals surface area (Å²) < 4.78 is 0. The first-order chi connectivity index (χ1) is 18.4. The minimum Gasteiger partial charge on any atom is -0.395 e. The Labute approximate surface area is 226 Å². The summed E-state index contributed by atoms with van der Waals surface area (Å²) in [7, 11) is 2.05. The number of carbonyl (C=O) groups excluding carboxylic acids is 1. The van der Waals surface area contributed by atoms with Gasteiger partial charge >= 0.3 is 0 Å². The number of anilines is 1. The van der Waals surface area contributed by atoms with Crippen LogP contribution in [0.3, 0.4) is 0 Å². The van der Waals surface area contributed by atoms with E-state index in [1.165, 1.54) is 0 Å². The van der Waals surface area contributed by atoms with Gasteiger partial charge in [-0.05, 0) is 56.6 Å². The molecule has 0 spiro atoms. The first kappa shape index (κ1) is 26.0. The molecule has 196 valence electrons. The Bertz CT molecular complexity index is 1450. The average molecular weight is 530 g/mol. The highest BCUT2D eigenvalue weighted by Gasteiger charge is 2.29. The number of amides is 1. The third-order valence-electron chi connectivity index (χ3n) is 6.89. The lowest BCUT2D eigenvalue weighted by atomic mass is 10.1. The van der Waals surface area contributed by atoms with Crippen LogP contribution in [0.15, 0.2) is 66.0 Å². The fourth-order valence-corrected chi connectivity index (χ4v) is 5.09. The minimum absolute atomic E-state index is 0.0765. The third kappa shape index (κ3) is 5.62. The quantitative estimate of drug-likeness (QED) is 0.349. The molecule has 4 aromatic rings. The molecule has 2 unspecified atom stereocenters. The second-order valence-corrected chi connectivity index (χ2v) is 10.4. The van der Waals surface area contributed by atoms with Gasteiger partial charge < -0.3 is 15.3 Å². The van der Waals surface area contributed by atoms with Gasteiger partial charge in [-0.2, -0.15) is 0 Å². The Hall–Kier alpha value is -3.60. The van der Waals surface area contributed by atoms with Crippen LogP contribution in [-0.2, 0) is 6.54 Å². The van der Waals surface area contributed by atoms with E-state index >= 15 is 0 Å². The summed E-state index contributed by atoms with van der Waals surface area (Å²) >= 11 is 1.54. The number of nitrogens with one attached hydrogen (secondary N) is 1. The van der Waals surface area contributed by atoms with E-state index in [2.05, 4.69) is 32.0 Å². The number of fused-ring (bicyclic) bond motifs is 1. The van der Waals surface area contributed by atoms with E-state index in [0.29, 0.717) is 17.8 Å². The molecule has 5 rings (SSSR count). The van der Waals surface area contributed by atoms with Gasteiger partial charge in [-0.15, -0.1) is 11.8 Å². The van der Waals surface area contributed by atoms with Crippen molar-refractivity contribution in [2.45, 2.75) is 30.4 Å². The molecule has 10 heteroatoms. The first-order valence-electron chi connectivity index (χ1n) is 12.5. The molecule has 1 aliphatic rings. The molecule has 2 atom stereocenters. The number of thioether (sulfide) groups is 1. The molecule has 9 nitrogen and oxygen atoms in total. The molecular weight excluding hydrogens is 498 g/mol. The van der Waals surface area contributed by atoms with E-state index in [0.717, 1.165) is 39.5 Å². The number of piperazine rings is 1. The zero-order chi connectivity index (χ0) is 26.6. The van der Waals surface area contributed by atoms with Crippen molar-refractivity contribution in [3.8, 4) is 11.4 Å². The fourth-order valence-electron chi connectivity index (χ4n) is 4.68. The molecule has 0 aliphatic carbocycles. The Kier molecular flexibility index (Phi) is 7.82. The van der Waals surface area contributed by atoms with Gasteiger partial charge in [0.2, 0.25) is 0 Å². The predicted octanol–water partition coefficient (Wildman–Crippen LogP) is 3.24. The van der Waals surface area contributed by atoms with Crippen LogP contribution >= 0.6 is 11.8 Å². The van der Waals surface area contributed by atoms with Crippen molar-refractivity contribution in [1.82, 2.24) is 30.2 Å². The largest absolute Gasteiger partial charge is 0.395 e. The lowest BCUT2D eigenvalue weighted by molar-refractivity contribution is 0.0949. The van der Waals surface area contributed by atoms with E-state index in [-0.39, 0.29) is 31.1 Å². The van der Waals surface area contributed by atoms with Crippen LogP contribution in [0.4, 0.5) is 5.82 Å². The van der Waals surface area contributed by atoms with Crippen molar-refractivity contribution >= 4 is 34.4 Å². The molecule has 1 fully saturated rings. The highest BCUT2D eigenvalue weighted by Crippen LogP contribution is 2.25. The zero-order valence-corrected chi connectivity index (χ0v) is 22.5. The number of pyridine rings is 4. The molecule has 4 aromatic heterocycles. The fraction of sp³-hybridized carbons (Fsp3) is 0.321. The van der Waals surface area contributed by atoms with Crippen LogP contribution in [0.2, 0.25) is 0 Å². The molecule has 5 heterocycles. The molecule has 1 amide bonds. The van der Waals surface area contributed by atoms with Crippen LogP contribution in [0, 0.1) is 0 Å². The van der Waals surface area contributed by atoms with Crippen molar-refractivity contribution in [3.63, 3.8) is 0 Å². The van der Waals surface area contributed by atoms with E-state index in [4.69, 9.17) is 9.97 Å². The summed E-state index contributed by atoms with van der Waals surface area (Å²) in [4.78, 5) is 36.4. The standard InChI is InChI=1S/C28H31N7O2S/c1-18-15-34(2)22(17-36)16-35(18)27-6-4-5-24(33-27)25-8-7-19-12-30-21(10-26(19)32-25)13-31-28(37)20-9-23(38-3)14-29-11-20/h4-12,14,18,22,36H,13,15-17H2,1-3H3,(H,31,37). The van der Waals surface area contributed by atoms with Gasteiger partial charge in [0, 0.05) is 48.0 Å². The summed E-state index contributed by atoms with van der Waals surface area (Å²) in [6.07, 6.45) is 7.01. The maximum atomic E-state index is 12.6. The van der Waals surface area contributed by atoms with Gasteiger partial charge in [-0.1, -0.05) is 6.07 Å². The first-order valence-corrected chi connectivity index (χ1v) is 13.8. The number of rotatable bonds is 7. The maximum absolute atomic E-state index is 12.6. The van der Waals surface area contributed by atoms with Gasteiger partial charge in [0.1, 0.15) is 5.82 Å². The Morgan fingerprint density at radius 3 is 2.76 bits per heavy atom. The van der Waals surface area contributed by atoms with E-state index < -0.39 is 0 Å². The van der Waals surface area contributed by atoms with Crippen molar-refractivity contribution in [1.29, 1.82) is 0 Å². The summed E-state index contributed by atoms with van der Waals surface area (Å²) in [5.41, 5.74) is 3.56. The van der Waals surface area contributed by atoms with Gasteiger partial charge in [-0.25, -0.2) is 9.97 Å². The van der Waals surface area contributed by atoms with Crippen molar-refractivity contribution in [3.05, 3.63) is 72.3 Å². The van der Waals surface area contributed by atoms with E-state index in [1.54, 1.807) is 30.4 Å². The van der Waals surface area contributed by atoms with E-state index in [9.17, 15) is 9.90 Å². The summed E-state index contributed by atoms with van der Waals surface area (Å²) in [5, 5.41) is 13.6. The SMILES string of the molecule is CSc1cncc(C(=O)NCc2cc3nc(-c4cccc(N5CC(CO)N(C)CC5C)n4)ccc3cn2)c1. The van der Waals surface area contributed by atoms with Crippen molar-refractivity contribution in [2.24, 2.45) is 0 Å². The highest BCUT2D eigenvalue weighted by molar-refractivity contribution is 7.98. The number of hydrogen-bond acceptors (Lipinski definition) is 9. The summed E-state index contributed by atoms with van der Waals surface area (Å²) in [6, 6.07) is 14.0. The zero-order valence-electron chi connectivity index (χ0n) is 21.7. The number of aliphatic hydroxyl groups excluding tert-OH is 1. The number of aromatic nitrogens is 4. The number of aliphatic hydroxyl groups is 1. The van der Waals surface area contributed by atoms with Crippen LogP contribution in [0.5, 0.6) is 0 Å². The Morgan fingerprint density at radius 1 is 1.11 bits per heavy atom. The van der Waals surface area contributed by atoms with Gasteiger partial charge in [0.05, 0.1) is 47.4 Å². The number of nitrogens with zero attached hydrogens (tertiary/aromatic N) is 6. The van der Waals surface area contributed by atoms with Gasteiger partial charge in [-0.3, -0.25) is 19.7 Å². The molecule has 1 saturated heterocycles. The summed E-state index contributed by atoms with van der Waals surface area (Å²) in [6.45, 7) is 4.15.